The van der Waals surface area contributed by atoms with Crippen LogP contribution in [0.1, 0.15) is 70.6 Å². The van der Waals surface area contributed by atoms with Crippen molar-refractivity contribution in [1.82, 2.24) is 5.32 Å². The second kappa shape index (κ2) is 5.18. The molecule has 7 aliphatic rings. The van der Waals surface area contributed by atoms with E-state index in [0.717, 1.165) is 36.6 Å². The molecule has 134 valence electrons. The molecular weight excluding hydrogens is 302 g/mol. The van der Waals surface area contributed by atoms with E-state index in [-0.39, 0.29) is 5.79 Å². The van der Waals surface area contributed by atoms with Crippen molar-refractivity contribution >= 4 is 0 Å². The van der Waals surface area contributed by atoms with Crippen molar-refractivity contribution in [2.75, 3.05) is 6.54 Å². The van der Waals surface area contributed by atoms with E-state index < -0.39 is 5.79 Å². The first-order valence-corrected chi connectivity index (χ1v) is 10.5. The highest BCUT2D eigenvalue weighted by Gasteiger charge is 2.66. The molecule has 4 bridgehead atoms. The zero-order valence-corrected chi connectivity index (χ0v) is 14.7. The molecule has 0 aromatic heterocycles. The van der Waals surface area contributed by atoms with Gasteiger partial charge < -0.3 is 10.1 Å². The molecule has 0 aromatic rings. The molecule has 0 unspecified atom stereocenters. The maximum atomic E-state index is 6.78. The molecule has 7 fully saturated rings. The van der Waals surface area contributed by atoms with Crippen LogP contribution in [0.5, 0.6) is 0 Å². The zero-order chi connectivity index (χ0) is 15.8. The van der Waals surface area contributed by atoms with Gasteiger partial charge in [-0.25, -0.2) is 0 Å². The van der Waals surface area contributed by atoms with Crippen LogP contribution in [0.25, 0.3) is 0 Å². The first kappa shape index (κ1) is 15.0. The maximum Gasteiger partial charge on any atom is 0.210 e. The van der Waals surface area contributed by atoms with Crippen LogP contribution < -0.4 is 5.32 Å². The third-order valence-corrected chi connectivity index (χ3v) is 8.08. The predicted molar refractivity (Wildman–Crippen MR) is 88.7 cm³/mol. The van der Waals surface area contributed by atoms with Gasteiger partial charge in [0, 0.05) is 30.7 Å². The van der Waals surface area contributed by atoms with Gasteiger partial charge in [0.2, 0.25) is 11.6 Å². The summed E-state index contributed by atoms with van der Waals surface area (Å²) in [7, 11) is 0. The van der Waals surface area contributed by atoms with E-state index in [4.69, 9.17) is 14.5 Å². The van der Waals surface area contributed by atoms with Gasteiger partial charge in [0.25, 0.3) is 0 Å². The molecule has 6 aliphatic carbocycles. The molecular formula is C20H31NO3. The molecule has 6 saturated carbocycles. The summed E-state index contributed by atoms with van der Waals surface area (Å²) in [4.78, 5) is 12.1. The van der Waals surface area contributed by atoms with Crippen LogP contribution in [0.2, 0.25) is 0 Å². The van der Waals surface area contributed by atoms with Gasteiger partial charge in [-0.3, -0.25) is 0 Å². The Balaban J connectivity index is 1.13. The Hall–Kier alpha value is -0.160. The molecule has 0 aromatic carbocycles. The van der Waals surface area contributed by atoms with Crippen molar-refractivity contribution in [2.45, 2.75) is 88.2 Å². The molecule has 0 radical (unpaired) electrons. The summed E-state index contributed by atoms with van der Waals surface area (Å²) in [6.07, 6.45) is 13.9. The van der Waals surface area contributed by atoms with E-state index in [2.05, 4.69) is 5.32 Å². The van der Waals surface area contributed by atoms with Crippen molar-refractivity contribution in [3.05, 3.63) is 0 Å². The average molecular weight is 333 g/mol. The Morgan fingerprint density at radius 2 is 1.46 bits per heavy atom. The topological polar surface area (TPSA) is 39.7 Å². The number of hydrogen-bond acceptors (Lipinski definition) is 4. The number of hydrogen-bond donors (Lipinski definition) is 1. The van der Waals surface area contributed by atoms with Crippen LogP contribution in [-0.2, 0) is 14.5 Å². The predicted octanol–water partition coefficient (Wildman–Crippen LogP) is 3.76. The van der Waals surface area contributed by atoms with Crippen LogP contribution in [0.4, 0.5) is 0 Å². The van der Waals surface area contributed by atoms with E-state index in [0.29, 0.717) is 11.8 Å². The minimum Gasteiger partial charge on any atom is -0.314 e. The summed E-state index contributed by atoms with van der Waals surface area (Å²) in [5, 5.41) is 3.69. The lowest BCUT2D eigenvalue weighted by atomic mass is 9.53. The lowest BCUT2D eigenvalue weighted by Gasteiger charge is -2.57. The van der Waals surface area contributed by atoms with Crippen LogP contribution in [0.15, 0.2) is 0 Å². The molecule has 7 rings (SSSR count). The fourth-order valence-electron chi connectivity index (χ4n) is 6.74. The van der Waals surface area contributed by atoms with E-state index in [1.165, 1.54) is 64.3 Å². The lowest BCUT2D eigenvalue weighted by molar-refractivity contribution is -0.390. The number of ether oxygens (including phenoxy) is 1. The first-order chi connectivity index (χ1) is 11.7. The summed E-state index contributed by atoms with van der Waals surface area (Å²) < 4.78 is 6.78. The van der Waals surface area contributed by atoms with Gasteiger partial charge in [0.1, 0.15) is 0 Å². The second-order valence-electron chi connectivity index (χ2n) is 9.83. The molecule has 4 heteroatoms. The third kappa shape index (κ3) is 2.26. The zero-order valence-electron chi connectivity index (χ0n) is 14.7. The van der Waals surface area contributed by atoms with Gasteiger partial charge in [0.15, 0.2) is 0 Å². The van der Waals surface area contributed by atoms with Crippen molar-refractivity contribution in [1.29, 1.82) is 0 Å². The standard InChI is InChI=1S/C20H31NO3/c1-2-18(1)21-12-13-3-5-19(6-4-13)22-20(24-23-19)16-8-14-7-15(10-16)11-17(20)9-14/h13-18,21H,1-12H2. The summed E-state index contributed by atoms with van der Waals surface area (Å²) in [5.74, 6) is 3.03. The van der Waals surface area contributed by atoms with Gasteiger partial charge >= 0.3 is 0 Å². The van der Waals surface area contributed by atoms with Crippen molar-refractivity contribution in [2.24, 2.45) is 29.6 Å². The van der Waals surface area contributed by atoms with E-state index >= 15 is 0 Å². The van der Waals surface area contributed by atoms with Crippen LogP contribution in [0.3, 0.4) is 0 Å². The van der Waals surface area contributed by atoms with Gasteiger partial charge in [-0.2, -0.15) is 9.78 Å². The summed E-state index contributed by atoms with van der Waals surface area (Å²) in [6.45, 7) is 1.18. The van der Waals surface area contributed by atoms with Crippen LogP contribution in [0, 0.1) is 29.6 Å². The number of rotatable bonds is 3. The van der Waals surface area contributed by atoms with Gasteiger partial charge in [0.05, 0.1) is 0 Å². The molecule has 2 spiro atoms. The van der Waals surface area contributed by atoms with E-state index in [9.17, 15) is 0 Å². The van der Waals surface area contributed by atoms with Crippen molar-refractivity contribution < 1.29 is 14.5 Å². The SMILES string of the molecule is C1CC2(CCC1CNC1CC1)OOC1(O2)C2CC3CC(C2)CC1C3. The maximum absolute atomic E-state index is 6.78. The minimum atomic E-state index is -0.425. The minimum absolute atomic E-state index is 0.382. The van der Waals surface area contributed by atoms with Gasteiger partial charge in [-0.15, -0.1) is 0 Å². The Labute approximate surface area is 144 Å². The Morgan fingerprint density at radius 3 is 2.08 bits per heavy atom. The van der Waals surface area contributed by atoms with Crippen LogP contribution in [-0.4, -0.2) is 24.2 Å². The highest BCUT2D eigenvalue weighted by atomic mass is 17.3. The molecule has 1 heterocycles. The molecule has 1 saturated heterocycles. The molecule has 1 aliphatic heterocycles. The monoisotopic (exact) mass is 333 g/mol. The van der Waals surface area contributed by atoms with Crippen molar-refractivity contribution in [3.63, 3.8) is 0 Å². The number of nitrogens with one attached hydrogen (secondary N) is 1. The summed E-state index contributed by atoms with van der Waals surface area (Å²) >= 11 is 0. The van der Waals surface area contributed by atoms with E-state index in [1.54, 1.807) is 0 Å². The summed E-state index contributed by atoms with van der Waals surface area (Å²) in [6, 6.07) is 0.819. The molecule has 4 nitrogen and oxygen atoms in total. The van der Waals surface area contributed by atoms with E-state index in [1.807, 2.05) is 0 Å². The normalized spacial score (nSPS) is 55.8. The molecule has 1 N–H and O–H groups in total. The van der Waals surface area contributed by atoms with Gasteiger partial charge in [-0.05, 0) is 82.1 Å². The Morgan fingerprint density at radius 1 is 0.792 bits per heavy atom. The smallest absolute Gasteiger partial charge is 0.210 e. The molecule has 24 heavy (non-hydrogen) atoms. The molecule has 0 atom stereocenters. The highest BCUT2D eigenvalue weighted by molar-refractivity contribution is 5.05. The average Bonchev–Trinajstić information content (AvgIpc) is 3.34. The Kier molecular flexibility index (Phi) is 3.23. The first-order valence-electron chi connectivity index (χ1n) is 10.5. The second-order valence-corrected chi connectivity index (χ2v) is 9.83. The van der Waals surface area contributed by atoms with Crippen molar-refractivity contribution in [3.8, 4) is 0 Å². The third-order valence-electron chi connectivity index (χ3n) is 8.08. The fraction of sp³-hybridized carbons (Fsp3) is 1.00. The Bertz CT molecular complexity index is 481. The van der Waals surface area contributed by atoms with Crippen LogP contribution >= 0.6 is 0 Å². The fourth-order valence-corrected chi connectivity index (χ4v) is 6.74. The summed E-state index contributed by atoms with van der Waals surface area (Å²) in [5.41, 5.74) is 0. The van der Waals surface area contributed by atoms with Gasteiger partial charge in [-0.1, -0.05) is 0 Å². The lowest BCUT2D eigenvalue weighted by Crippen LogP contribution is -2.59. The highest BCUT2D eigenvalue weighted by Crippen LogP contribution is 2.63. The quantitative estimate of drug-likeness (QED) is 0.799. The largest absolute Gasteiger partial charge is 0.314 e. The molecule has 0 amide bonds.